The minimum absolute atomic E-state index is 0.0438. The highest BCUT2D eigenvalue weighted by molar-refractivity contribution is 7.91. The highest BCUT2D eigenvalue weighted by Gasteiger charge is 2.67. The molecule has 2 aliphatic heterocycles. The fourth-order valence-corrected chi connectivity index (χ4v) is 10.5. The van der Waals surface area contributed by atoms with Crippen LogP contribution in [0.5, 0.6) is 6.01 Å². The number of nitrogens with zero attached hydrogens (tertiary/aromatic N) is 3. The molecule has 3 saturated carbocycles. The lowest BCUT2D eigenvalue weighted by molar-refractivity contribution is -0.141. The molecular weight excluding hydrogens is 838 g/mol. The van der Waals surface area contributed by atoms with Gasteiger partial charge in [-0.2, -0.15) is 4.98 Å². The van der Waals surface area contributed by atoms with Crippen molar-refractivity contribution in [1.82, 2.24) is 29.8 Å². The van der Waals surface area contributed by atoms with E-state index in [1.807, 2.05) is 17.7 Å². The first-order chi connectivity index (χ1) is 28.5. The monoisotopic (exact) mass is 892 g/mol. The Labute approximate surface area is 358 Å². The molecule has 3 heterocycles. The zero-order valence-corrected chi connectivity index (χ0v) is 36.7. The van der Waals surface area contributed by atoms with Crippen LogP contribution in [0, 0.1) is 29.1 Å². The summed E-state index contributed by atoms with van der Waals surface area (Å²) in [5.41, 5.74) is -2.40. The smallest absolute Gasteiger partial charge is 0.408 e. The van der Waals surface area contributed by atoms with Crippen molar-refractivity contribution in [2.24, 2.45) is 29.1 Å². The highest BCUT2D eigenvalue weighted by atomic mass is 35.5. The average molecular weight is 893 g/mol. The third kappa shape index (κ3) is 8.53. The second-order valence-electron chi connectivity index (χ2n) is 18.8. The van der Waals surface area contributed by atoms with E-state index in [1.165, 1.54) is 22.5 Å². The van der Waals surface area contributed by atoms with Crippen molar-refractivity contribution in [1.29, 1.82) is 0 Å². The number of halogens is 3. The van der Waals surface area contributed by atoms with E-state index in [1.54, 1.807) is 45.9 Å². The zero-order valence-electron chi connectivity index (χ0n) is 35.1. The minimum Gasteiger partial charge on any atom is -0.459 e. The Morgan fingerprint density at radius 3 is 2.48 bits per heavy atom. The first kappa shape index (κ1) is 44.9. The maximum Gasteiger partial charge on any atom is 0.408 e. The number of aliphatic hydroxyl groups is 1. The molecule has 1 saturated heterocycles. The van der Waals surface area contributed by atoms with Gasteiger partial charge in [-0.05, 0) is 75.0 Å². The Hall–Kier alpha value is -4.13. The Bertz CT molecular complexity index is 2320. The summed E-state index contributed by atoms with van der Waals surface area (Å²) < 4.78 is 69.6. The quantitative estimate of drug-likeness (QED) is 0.223. The first-order valence-electron chi connectivity index (χ1n) is 20.8. The summed E-state index contributed by atoms with van der Waals surface area (Å²) in [5.74, 6) is -4.56. The van der Waals surface area contributed by atoms with Gasteiger partial charge in [-0.15, -0.1) is 0 Å². The number of fused-ring (bicyclic) bond motifs is 5. The number of aliphatic hydroxyl groups excluding tert-OH is 1. The Balaban J connectivity index is 1.29. The van der Waals surface area contributed by atoms with Gasteiger partial charge in [0.2, 0.25) is 22.4 Å². The molecular formula is C42H55ClF2N6O9S. The molecule has 1 aromatic heterocycles. The summed E-state index contributed by atoms with van der Waals surface area (Å²) in [6.07, 6.45) is -1.87. The van der Waals surface area contributed by atoms with E-state index in [-0.39, 0.29) is 54.7 Å². The van der Waals surface area contributed by atoms with E-state index < -0.39 is 104 Å². The van der Waals surface area contributed by atoms with Gasteiger partial charge >= 0.3 is 6.09 Å². The number of benzene rings is 1. The number of carbonyl (C=O) groups excluding carboxylic acids is 3. The van der Waals surface area contributed by atoms with Crippen molar-refractivity contribution in [2.45, 2.75) is 134 Å². The summed E-state index contributed by atoms with van der Waals surface area (Å²) in [5, 5.41) is 18.1. The van der Waals surface area contributed by atoms with Gasteiger partial charge < -0.3 is 24.8 Å². The zero-order chi connectivity index (χ0) is 44.6. The lowest BCUT2D eigenvalue weighted by atomic mass is 9.85. The van der Waals surface area contributed by atoms with E-state index in [0.717, 1.165) is 5.57 Å². The van der Waals surface area contributed by atoms with Crippen LogP contribution in [0.25, 0.3) is 10.9 Å². The number of sulfonamides is 1. The van der Waals surface area contributed by atoms with Crippen LogP contribution in [-0.4, -0.2) is 99.7 Å². The molecule has 0 radical (unpaired) electrons. The second-order valence-corrected chi connectivity index (χ2v) is 21.4. The first-order valence-corrected chi connectivity index (χ1v) is 22.6. The lowest BCUT2D eigenvalue weighted by Gasteiger charge is -2.38. The van der Waals surface area contributed by atoms with Crippen LogP contribution in [0.2, 0.25) is 5.02 Å². The number of aromatic nitrogens is 2. The number of amides is 3. The summed E-state index contributed by atoms with van der Waals surface area (Å²) >= 11 is 6.30. The maximum absolute atomic E-state index is 15.0. The third-order valence-electron chi connectivity index (χ3n) is 13.4. The third-order valence-corrected chi connectivity index (χ3v) is 15.8. The van der Waals surface area contributed by atoms with E-state index in [4.69, 9.17) is 21.1 Å². The minimum atomic E-state index is -4.25. The molecule has 19 heteroatoms. The van der Waals surface area contributed by atoms with Crippen LogP contribution in [-0.2, 0) is 30.9 Å². The summed E-state index contributed by atoms with van der Waals surface area (Å²) in [6.45, 7) is 14.4. The SMILES string of the molecule is C=C1[C@H]2CC/C=C/Cn3c(nc4cc(Cl)ccc4c3=O)O[C@H]3CN(C(=O)[C@H](C(C)(C)C)NC(=O)O[C@@H]2C[C@@H]1C)[C@H]([C@H](O)N[C@]1(C(=O)NS(=O)(=O)C2(C)CC2)C[C@H]1C(F)F)[C@@H]3C. The largest absolute Gasteiger partial charge is 0.459 e. The van der Waals surface area contributed by atoms with Crippen molar-refractivity contribution >= 4 is 50.4 Å². The van der Waals surface area contributed by atoms with Crippen molar-refractivity contribution in [3.63, 3.8) is 0 Å². The van der Waals surface area contributed by atoms with Gasteiger partial charge in [0.15, 0.2) is 0 Å². The molecule has 3 amide bonds. The van der Waals surface area contributed by atoms with E-state index in [0.29, 0.717) is 24.3 Å². The van der Waals surface area contributed by atoms with Gasteiger partial charge in [0.05, 0.1) is 28.2 Å². The molecule has 10 atom stereocenters. The highest BCUT2D eigenvalue weighted by Crippen LogP contribution is 2.50. The Morgan fingerprint density at radius 1 is 1.13 bits per heavy atom. The predicted octanol–water partition coefficient (Wildman–Crippen LogP) is 4.65. The number of alkyl carbamates (subject to hydrolysis) is 1. The number of alkyl halides is 2. The molecule has 2 aromatic rings. The van der Waals surface area contributed by atoms with Gasteiger partial charge in [0.25, 0.3) is 17.5 Å². The molecule has 15 nitrogen and oxygen atoms in total. The van der Waals surface area contributed by atoms with E-state index in [2.05, 4.69) is 22.2 Å². The van der Waals surface area contributed by atoms with Gasteiger partial charge in [0, 0.05) is 29.3 Å². The number of carbonyl (C=O) groups is 3. The van der Waals surface area contributed by atoms with Gasteiger partial charge in [-0.3, -0.25) is 29.0 Å². The number of ether oxygens (including phenoxy) is 2. The van der Waals surface area contributed by atoms with E-state index >= 15 is 0 Å². The number of rotatable bonds is 7. The van der Waals surface area contributed by atoms with Gasteiger partial charge in [-0.1, -0.05) is 70.5 Å². The van der Waals surface area contributed by atoms with Crippen molar-refractivity contribution in [3.05, 3.63) is 57.9 Å². The number of allylic oxidation sites excluding steroid dienone is 2. The summed E-state index contributed by atoms with van der Waals surface area (Å²) in [6, 6.07) is 1.96. The molecule has 61 heavy (non-hydrogen) atoms. The molecule has 3 aliphatic carbocycles. The fraction of sp³-hybridized carbons (Fsp3) is 0.643. The van der Waals surface area contributed by atoms with Crippen LogP contribution in [0.3, 0.4) is 0 Å². The molecule has 4 fully saturated rings. The number of hydrogen-bond donors (Lipinski definition) is 4. The van der Waals surface area contributed by atoms with Crippen molar-refractivity contribution in [3.8, 4) is 6.01 Å². The standard InChI is InChI=1S/C42H55ClF2N6O9S/c1-21-17-29-25(22(21)2)11-9-8-10-16-50-35(53)26-13-12-24(43)18-28(26)46-38(50)59-30-20-51(36(54)32(40(4,5)6)47-39(56)60-29)31(23(30)3)34(52)48-42(19-27(42)33(44)45)37(55)49-61(57,58)41(7)14-15-41/h8,10,12-13,18,21,23,25,27,29-34,48,52H,2,9,11,14-17,19-20H2,1,3-7H3,(H,47,56)(H,49,55)/b10-8+/t21-,23+,25+,27-,29+,30-,31-,32+,34-,42+/m0/s1. The Kier molecular flexibility index (Phi) is 11.9. The number of nitrogens with one attached hydrogen (secondary N) is 3. The fourth-order valence-electron chi connectivity index (χ4n) is 9.05. The van der Waals surface area contributed by atoms with Crippen LogP contribution in [0.1, 0.15) is 80.1 Å². The van der Waals surface area contributed by atoms with Crippen molar-refractivity contribution < 1.29 is 46.2 Å². The average Bonchev–Trinajstić information content (AvgIpc) is 4.05. The lowest BCUT2D eigenvalue weighted by Crippen LogP contribution is -2.63. The molecule has 7 rings (SSSR count). The number of hydrogen-bond acceptors (Lipinski definition) is 11. The molecule has 0 spiro atoms. The van der Waals surface area contributed by atoms with E-state index in [9.17, 15) is 41.5 Å². The maximum atomic E-state index is 15.0. The molecule has 334 valence electrons. The van der Waals surface area contributed by atoms with Gasteiger partial charge in [0.1, 0.15) is 30.0 Å². The van der Waals surface area contributed by atoms with Crippen LogP contribution in [0.4, 0.5) is 13.6 Å². The molecule has 5 aliphatic rings. The molecule has 0 unspecified atom stereocenters. The van der Waals surface area contributed by atoms with Crippen LogP contribution in [0.15, 0.2) is 47.3 Å². The normalized spacial score (nSPS) is 32.8. The summed E-state index contributed by atoms with van der Waals surface area (Å²) in [7, 11) is -4.25. The molecule has 4 N–H and O–H groups in total. The topological polar surface area (TPSA) is 198 Å². The summed E-state index contributed by atoms with van der Waals surface area (Å²) in [4.78, 5) is 62.4. The predicted molar refractivity (Wildman–Crippen MR) is 222 cm³/mol. The molecule has 1 aromatic carbocycles. The van der Waals surface area contributed by atoms with Crippen LogP contribution < -0.4 is 25.7 Å². The van der Waals surface area contributed by atoms with Crippen molar-refractivity contribution in [2.75, 3.05) is 6.54 Å². The van der Waals surface area contributed by atoms with Crippen LogP contribution >= 0.6 is 11.6 Å². The van der Waals surface area contributed by atoms with Gasteiger partial charge in [-0.25, -0.2) is 22.0 Å². The Morgan fingerprint density at radius 2 is 1.84 bits per heavy atom. The molecule has 2 bridgehead atoms. The second kappa shape index (κ2) is 16.2.